The van der Waals surface area contributed by atoms with E-state index < -0.39 is 84.9 Å². The van der Waals surface area contributed by atoms with Crippen molar-refractivity contribution in [3.8, 4) is 0 Å². The van der Waals surface area contributed by atoms with Crippen molar-refractivity contribution in [2.75, 3.05) is 6.54 Å². The van der Waals surface area contributed by atoms with E-state index in [1.807, 2.05) is 55.4 Å². The molecule has 5 amide bonds. The van der Waals surface area contributed by atoms with Gasteiger partial charge in [-0.05, 0) is 56.8 Å². The van der Waals surface area contributed by atoms with E-state index in [0.29, 0.717) is 5.01 Å². The van der Waals surface area contributed by atoms with Crippen LogP contribution in [0, 0.1) is 23.7 Å². The Morgan fingerprint density at radius 2 is 1.16 bits per heavy atom. The molecule has 0 saturated carbocycles. The van der Waals surface area contributed by atoms with Gasteiger partial charge in [-0.15, -0.1) is 0 Å². The average Bonchev–Trinajstić information content (AvgIpc) is 2.99. The van der Waals surface area contributed by atoms with Crippen molar-refractivity contribution in [1.29, 1.82) is 0 Å². The van der Waals surface area contributed by atoms with Gasteiger partial charge >= 0.3 is 5.97 Å². The molecule has 0 aromatic carbocycles. The summed E-state index contributed by atoms with van der Waals surface area (Å²) >= 11 is 0. The number of hydrazine groups is 1. The Hall–Kier alpha value is -3.30. The molecule has 1 unspecified atom stereocenters. The number of carboxylic acids is 1. The lowest BCUT2D eigenvalue weighted by Gasteiger charge is -2.35. The maximum Gasteiger partial charge on any atom is 0.306 e. The predicted octanol–water partition coefficient (Wildman–Crippen LogP) is 1.54. The van der Waals surface area contributed by atoms with Crippen LogP contribution in [0.25, 0.3) is 0 Å². The fourth-order valence-corrected chi connectivity index (χ4v) is 5.68. The van der Waals surface area contributed by atoms with Crippen molar-refractivity contribution in [3.63, 3.8) is 0 Å². The van der Waals surface area contributed by atoms with E-state index in [9.17, 15) is 39.0 Å². The molecule has 0 aliphatic heterocycles. The second kappa shape index (κ2) is 22.5. The molecule has 0 saturated heterocycles. The van der Waals surface area contributed by atoms with Gasteiger partial charge in [0.15, 0.2) is 0 Å². The lowest BCUT2D eigenvalue weighted by molar-refractivity contribution is -0.145. The lowest BCUT2D eigenvalue weighted by Crippen LogP contribution is -2.59. The van der Waals surface area contributed by atoms with Crippen LogP contribution in [0.3, 0.4) is 0 Å². The maximum absolute atomic E-state index is 13.7. The van der Waals surface area contributed by atoms with Gasteiger partial charge in [0.05, 0.1) is 37.1 Å². The van der Waals surface area contributed by atoms with E-state index in [0.717, 1.165) is 0 Å². The molecule has 0 aromatic rings. The third kappa shape index (κ3) is 16.2. The molecule has 7 atom stereocenters. The first-order valence-corrected chi connectivity index (χ1v) is 17.9. The van der Waals surface area contributed by atoms with E-state index in [4.69, 9.17) is 10.9 Å². The summed E-state index contributed by atoms with van der Waals surface area (Å²) in [5.41, 5.74) is 0. The Kier molecular flexibility index (Phi) is 21.0. The number of nitrogens with zero attached hydrogens (tertiary/aromatic N) is 2. The Balaban J connectivity index is 5.89. The summed E-state index contributed by atoms with van der Waals surface area (Å²) in [6, 6.07) is -4.79. The third-order valence-electron chi connectivity index (χ3n) is 8.42. The molecule has 50 heavy (non-hydrogen) atoms. The number of nitrogens with one attached hydrogen (secondary N) is 3. The standard InChI is InChI=1S/C35H66N6O9/c1-12-26(40(13-2)35(50)32(22(9)10)39-29(44)16-21(7)8)34(49)38-24(14-19(3)4)27(42)17-30(45)41(36)23(11)33(48)37-25(15-20(5)6)28(43)18-31(46)47/h19-28,32,42-43H,12-18,36H2,1-11H3,(H,37,48)(H,38,49)(H,39,44)(H,46,47)/t23-,24?,25-,26-,27-,28-,32-/m0/s1. The normalized spacial score (nSPS) is 15.9. The topological polar surface area (TPSA) is 232 Å². The van der Waals surface area contributed by atoms with E-state index in [2.05, 4.69) is 16.0 Å². The highest BCUT2D eigenvalue weighted by Gasteiger charge is 2.37. The van der Waals surface area contributed by atoms with Crippen molar-refractivity contribution in [3.05, 3.63) is 0 Å². The number of hydrogen-bond acceptors (Lipinski definition) is 9. The third-order valence-corrected chi connectivity index (χ3v) is 8.42. The highest BCUT2D eigenvalue weighted by Crippen LogP contribution is 2.17. The van der Waals surface area contributed by atoms with Gasteiger partial charge in [0, 0.05) is 13.0 Å². The first-order valence-electron chi connectivity index (χ1n) is 17.9. The molecular formula is C35H66N6O9. The van der Waals surface area contributed by atoms with Crippen molar-refractivity contribution in [2.24, 2.45) is 29.5 Å². The largest absolute Gasteiger partial charge is 0.481 e. The summed E-state index contributed by atoms with van der Waals surface area (Å²) in [6.07, 6.45) is -2.80. The maximum atomic E-state index is 13.7. The number of nitrogens with two attached hydrogens (primary N) is 1. The zero-order valence-electron chi connectivity index (χ0n) is 32.1. The Labute approximate surface area is 298 Å². The quantitative estimate of drug-likeness (QED) is 0.0458. The Morgan fingerprint density at radius 3 is 1.56 bits per heavy atom. The molecule has 15 nitrogen and oxygen atoms in total. The molecule has 0 radical (unpaired) electrons. The summed E-state index contributed by atoms with van der Waals surface area (Å²) in [6.45, 7) is 20.0. The summed E-state index contributed by atoms with van der Waals surface area (Å²) < 4.78 is 0. The number of carboxylic acid groups (broad SMARTS) is 1. The second-order valence-electron chi connectivity index (χ2n) is 14.8. The highest BCUT2D eigenvalue weighted by atomic mass is 16.4. The molecule has 0 aliphatic rings. The molecule has 8 N–H and O–H groups in total. The van der Waals surface area contributed by atoms with Gasteiger partial charge in [0.2, 0.25) is 29.5 Å². The summed E-state index contributed by atoms with van der Waals surface area (Å²) in [4.78, 5) is 78.8. The Bertz CT molecular complexity index is 1120. The number of hydrogen-bond donors (Lipinski definition) is 7. The van der Waals surface area contributed by atoms with Crippen LogP contribution in [0.4, 0.5) is 0 Å². The number of aliphatic hydroxyl groups is 2. The summed E-state index contributed by atoms with van der Waals surface area (Å²) in [7, 11) is 0. The van der Waals surface area contributed by atoms with Crippen molar-refractivity contribution < 1.29 is 44.1 Å². The van der Waals surface area contributed by atoms with Crippen LogP contribution in [0.5, 0.6) is 0 Å². The van der Waals surface area contributed by atoms with Crippen LogP contribution < -0.4 is 21.8 Å². The van der Waals surface area contributed by atoms with Crippen molar-refractivity contribution in [2.45, 2.75) is 157 Å². The fourth-order valence-electron chi connectivity index (χ4n) is 5.68. The number of amides is 5. The zero-order chi connectivity index (χ0) is 39.0. The first kappa shape index (κ1) is 46.7. The molecule has 0 fully saturated rings. The molecule has 0 aliphatic carbocycles. The van der Waals surface area contributed by atoms with E-state index in [-0.39, 0.29) is 61.8 Å². The van der Waals surface area contributed by atoms with Gasteiger partial charge in [0.1, 0.15) is 18.1 Å². The monoisotopic (exact) mass is 714 g/mol. The number of carbonyl (C=O) groups excluding carboxylic acids is 5. The molecule has 0 aromatic heterocycles. The molecule has 0 spiro atoms. The van der Waals surface area contributed by atoms with E-state index in [1.165, 1.54) is 11.8 Å². The molecule has 290 valence electrons. The number of aliphatic carboxylic acids is 1. The van der Waals surface area contributed by atoms with E-state index >= 15 is 0 Å². The van der Waals surface area contributed by atoms with Gasteiger partial charge in [-0.1, -0.05) is 62.3 Å². The van der Waals surface area contributed by atoms with Gasteiger partial charge in [-0.25, -0.2) is 5.84 Å². The summed E-state index contributed by atoms with van der Waals surface area (Å²) in [5.74, 6) is 1.97. The van der Waals surface area contributed by atoms with Crippen molar-refractivity contribution >= 4 is 35.5 Å². The molecule has 15 heteroatoms. The van der Waals surface area contributed by atoms with Gasteiger partial charge < -0.3 is 36.2 Å². The van der Waals surface area contributed by atoms with Gasteiger partial charge in [-0.2, -0.15) is 0 Å². The second-order valence-corrected chi connectivity index (χ2v) is 14.8. The minimum atomic E-state index is -1.40. The van der Waals surface area contributed by atoms with Crippen molar-refractivity contribution in [1.82, 2.24) is 25.9 Å². The van der Waals surface area contributed by atoms with Crippen LogP contribution in [-0.2, 0) is 28.8 Å². The number of aliphatic hydroxyl groups excluding tert-OH is 2. The summed E-state index contributed by atoms with van der Waals surface area (Å²) in [5, 5.41) is 39.6. The number of carbonyl (C=O) groups is 6. The molecule has 0 rings (SSSR count). The zero-order valence-corrected chi connectivity index (χ0v) is 32.1. The van der Waals surface area contributed by atoms with Crippen LogP contribution in [-0.4, -0.2) is 110 Å². The van der Waals surface area contributed by atoms with Crippen LogP contribution >= 0.6 is 0 Å². The highest BCUT2D eigenvalue weighted by molar-refractivity contribution is 5.92. The van der Waals surface area contributed by atoms with Crippen LogP contribution in [0.2, 0.25) is 0 Å². The first-order chi connectivity index (χ1) is 23.1. The molecular weight excluding hydrogens is 648 g/mol. The average molecular weight is 715 g/mol. The number of rotatable bonds is 23. The smallest absolute Gasteiger partial charge is 0.306 e. The number of likely N-dealkylation sites (N-methyl/N-ethyl adjacent to an activating group) is 1. The molecule has 0 bridgehead atoms. The van der Waals surface area contributed by atoms with E-state index in [1.54, 1.807) is 13.8 Å². The lowest BCUT2D eigenvalue weighted by atomic mass is 9.95. The minimum absolute atomic E-state index is 0.00988. The Morgan fingerprint density at radius 1 is 0.680 bits per heavy atom. The molecule has 0 heterocycles. The fraction of sp³-hybridized carbons (Fsp3) is 0.829. The predicted molar refractivity (Wildman–Crippen MR) is 190 cm³/mol. The van der Waals surface area contributed by atoms with Gasteiger partial charge in [0.25, 0.3) is 0 Å². The van der Waals surface area contributed by atoms with Crippen LogP contribution in [0.1, 0.15) is 115 Å². The van der Waals surface area contributed by atoms with Crippen LogP contribution in [0.15, 0.2) is 0 Å². The minimum Gasteiger partial charge on any atom is -0.481 e. The van der Waals surface area contributed by atoms with Gasteiger partial charge in [-0.3, -0.25) is 33.8 Å². The SMILES string of the molecule is CC[C@@H](C(=O)NC(CC(C)C)[C@@H](O)CC(=O)N(N)[C@@H](C)C(=O)N[C@@H](CC(C)C)[C@@H](O)CC(=O)O)N(CC)C(=O)[C@@H](NC(=O)CC(C)C)C(C)C.